The third kappa shape index (κ3) is 1.18. The average molecular weight is 197 g/mol. The van der Waals surface area contributed by atoms with E-state index in [1.165, 1.54) is 6.07 Å². The lowest BCUT2D eigenvalue weighted by atomic mass is 9.98. The third-order valence-corrected chi connectivity index (χ3v) is 2.43. The number of nitrogens with one attached hydrogen (secondary N) is 1. The van der Waals surface area contributed by atoms with E-state index in [1.54, 1.807) is 0 Å². The summed E-state index contributed by atoms with van der Waals surface area (Å²) in [6.45, 7) is 1.81. The highest BCUT2D eigenvalue weighted by molar-refractivity contribution is 6.02. The maximum Gasteiger partial charge on any atom is 0.232 e. The summed E-state index contributed by atoms with van der Waals surface area (Å²) in [6, 6.07) is 1.99. The summed E-state index contributed by atoms with van der Waals surface area (Å²) in [5.74, 6) is -2.03. The van der Waals surface area contributed by atoms with Crippen LogP contribution in [0, 0.1) is 11.6 Å². The highest BCUT2D eigenvalue weighted by Crippen LogP contribution is 2.36. The number of hydrogen-bond donors (Lipinski definition) is 1. The summed E-state index contributed by atoms with van der Waals surface area (Å²) >= 11 is 0. The van der Waals surface area contributed by atoms with Gasteiger partial charge in [-0.05, 0) is 18.1 Å². The third-order valence-electron chi connectivity index (χ3n) is 2.43. The maximum absolute atomic E-state index is 13.2. The Balaban J connectivity index is 2.58. The van der Waals surface area contributed by atoms with Gasteiger partial charge in [0.25, 0.3) is 0 Å². The number of amides is 1. The largest absolute Gasteiger partial charge is 0.323 e. The number of carbonyl (C=O) groups is 1. The normalized spacial score (nSPS) is 19.4. The van der Waals surface area contributed by atoms with E-state index < -0.39 is 17.6 Å². The second-order valence-electron chi connectivity index (χ2n) is 3.30. The van der Waals surface area contributed by atoms with Crippen molar-refractivity contribution in [3.05, 3.63) is 29.3 Å². The van der Waals surface area contributed by atoms with Crippen molar-refractivity contribution in [3.8, 4) is 0 Å². The molecule has 4 heteroatoms. The Bertz CT molecular complexity index is 403. The molecule has 0 saturated carbocycles. The molecule has 0 bridgehead atoms. The van der Waals surface area contributed by atoms with Crippen molar-refractivity contribution in [2.75, 3.05) is 5.32 Å². The van der Waals surface area contributed by atoms with Crippen molar-refractivity contribution in [2.45, 2.75) is 19.3 Å². The Hall–Kier alpha value is -1.45. The highest BCUT2D eigenvalue weighted by atomic mass is 19.1. The molecule has 0 radical (unpaired) electrons. The minimum Gasteiger partial charge on any atom is -0.323 e. The molecule has 0 aliphatic carbocycles. The second kappa shape index (κ2) is 3.04. The minimum atomic E-state index is -0.704. The number of anilines is 1. The van der Waals surface area contributed by atoms with Crippen LogP contribution in [0.2, 0.25) is 0 Å². The van der Waals surface area contributed by atoms with Gasteiger partial charge in [-0.2, -0.15) is 0 Å². The molecule has 1 amide bonds. The van der Waals surface area contributed by atoms with Crippen LogP contribution in [0.5, 0.6) is 0 Å². The van der Waals surface area contributed by atoms with Crippen LogP contribution >= 0.6 is 0 Å². The smallest absolute Gasteiger partial charge is 0.232 e. The summed E-state index contributed by atoms with van der Waals surface area (Å²) < 4.78 is 26.1. The SMILES string of the molecule is CCC1C(=O)Nc2c(F)cc(F)cc21. The van der Waals surface area contributed by atoms with E-state index >= 15 is 0 Å². The Morgan fingerprint density at radius 2 is 2.14 bits per heavy atom. The Morgan fingerprint density at radius 3 is 2.79 bits per heavy atom. The molecule has 2 rings (SSSR count). The fraction of sp³-hybridized carbons (Fsp3) is 0.300. The van der Waals surface area contributed by atoms with E-state index in [4.69, 9.17) is 0 Å². The zero-order valence-corrected chi connectivity index (χ0v) is 7.60. The number of fused-ring (bicyclic) bond motifs is 1. The van der Waals surface area contributed by atoms with Gasteiger partial charge in [-0.25, -0.2) is 8.78 Å². The van der Waals surface area contributed by atoms with E-state index in [1.807, 2.05) is 6.92 Å². The summed E-state index contributed by atoms with van der Waals surface area (Å²) in [7, 11) is 0. The Kier molecular flexibility index (Phi) is 1.98. The standard InChI is InChI=1S/C10H9F2NO/c1-2-6-7-3-5(11)4-8(12)9(7)13-10(6)14/h3-4,6H,2H2,1H3,(H,13,14). The van der Waals surface area contributed by atoms with Gasteiger partial charge < -0.3 is 5.32 Å². The van der Waals surface area contributed by atoms with Gasteiger partial charge in [0, 0.05) is 6.07 Å². The van der Waals surface area contributed by atoms with E-state index in [-0.39, 0.29) is 11.6 Å². The van der Waals surface area contributed by atoms with Gasteiger partial charge in [-0.15, -0.1) is 0 Å². The molecule has 1 aliphatic rings. The van der Waals surface area contributed by atoms with Crippen LogP contribution in [0.4, 0.5) is 14.5 Å². The van der Waals surface area contributed by atoms with Crippen LogP contribution in [0.1, 0.15) is 24.8 Å². The molecule has 1 heterocycles. The van der Waals surface area contributed by atoms with Gasteiger partial charge in [-0.1, -0.05) is 6.92 Å². The molecule has 1 aromatic rings. The van der Waals surface area contributed by atoms with Gasteiger partial charge in [0.15, 0.2) is 0 Å². The predicted octanol–water partition coefficient (Wildman–Crippen LogP) is 2.41. The first-order valence-corrected chi connectivity index (χ1v) is 4.43. The number of benzene rings is 1. The van der Waals surface area contributed by atoms with Gasteiger partial charge in [0.05, 0.1) is 11.6 Å². The molecular weight excluding hydrogens is 188 g/mol. The van der Waals surface area contributed by atoms with Crippen molar-refractivity contribution in [3.63, 3.8) is 0 Å². The molecule has 1 atom stereocenters. The molecule has 1 unspecified atom stereocenters. The van der Waals surface area contributed by atoms with E-state index in [9.17, 15) is 13.6 Å². The molecule has 1 N–H and O–H groups in total. The number of carbonyl (C=O) groups excluding carboxylic acids is 1. The first-order chi connectivity index (χ1) is 6.63. The van der Waals surface area contributed by atoms with Crippen molar-refractivity contribution in [1.82, 2.24) is 0 Å². The average Bonchev–Trinajstić information content (AvgIpc) is 2.41. The molecule has 2 nitrogen and oxygen atoms in total. The lowest BCUT2D eigenvalue weighted by molar-refractivity contribution is -0.117. The quantitative estimate of drug-likeness (QED) is 0.735. The first kappa shape index (κ1) is 9.12. The second-order valence-corrected chi connectivity index (χ2v) is 3.30. The molecular formula is C10H9F2NO. The van der Waals surface area contributed by atoms with E-state index in [2.05, 4.69) is 5.32 Å². The summed E-state index contributed by atoms with van der Waals surface area (Å²) in [4.78, 5) is 11.3. The molecule has 0 spiro atoms. The minimum absolute atomic E-state index is 0.128. The van der Waals surface area contributed by atoms with E-state index in [0.29, 0.717) is 12.0 Å². The van der Waals surface area contributed by atoms with Gasteiger partial charge in [0.1, 0.15) is 11.6 Å². The van der Waals surface area contributed by atoms with Crippen molar-refractivity contribution in [1.29, 1.82) is 0 Å². The predicted molar refractivity (Wildman–Crippen MR) is 48.0 cm³/mol. The number of hydrogen-bond acceptors (Lipinski definition) is 1. The molecule has 14 heavy (non-hydrogen) atoms. The topological polar surface area (TPSA) is 29.1 Å². The van der Waals surface area contributed by atoms with Crippen LogP contribution in [0.3, 0.4) is 0 Å². The molecule has 0 saturated heterocycles. The monoisotopic (exact) mass is 197 g/mol. The number of halogens is 2. The van der Waals surface area contributed by atoms with Crippen molar-refractivity contribution in [2.24, 2.45) is 0 Å². The van der Waals surface area contributed by atoms with Crippen LogP contribution in [-0.4, -0.2) is 5.91 Å². The Labute approximate surface area is 79.9 Å². The zero-order valence-electron chi connectivity index (χ0n) is 7.60. The molecule has 74 valence electrons. The number of rotatable bonds is 1. The summed E-state index contributed by atoms with van der Waals surface area (Å²) in [6.07, 6.45) is 0.543. The fourth-order valence-electron chi connectivity index (χ4n) is 1.76. The molecule has 0 aromatic heterocycles. The molecule has 1 aliphatic heterocycles. The van der Waals surface area contributed by atoms with E-state index in [0.717, 1.165) is 6.07 Å². The van der Waals surface area contributed by atoms with Gasteiger partial charge >= 0.3 is 0 Å². The van der Waals surface area contributed by atoms with Gasteiger partial charge in [-0.3, -0.25) is 4.79 Å². The summed E-state index contributed by atoms with van der Waals surface area (Å²) in [5.41, 5.74) is 0.554. The van der Waals surface area contributed by atoms with Crippen molar-refractivity contribution >= 4 is 11.6 Å². The zero-order chi connectivity index (χ0) is 10.3. The Morgan fingerprint density at radius 1 is 1.43 bits per heavy atom. The molecule has 0 fully saturated rings. The fourth-order valence-corrected chi connectivity index (χ4v) is 1.76. The maximum atomic E-state index is 13.2. The van der Waals surface area contributed by atoms with Crippen LogP contribution in [0.15, 0.2) is 12.1 Å². The van der Waals surface area contributed by atoms with Crippen molar-refractivity contribution < 1.29 is 13.6 Å². The molecule has 1 aromatic carbocycles. The summed E-state index contributed by atoms with van der Waals surface area (Å²) in [5, 5.41) is 2.41. The van der Waals surface area contributed by atoms with Crippen LogP contribution in [-0.2, 0) is 4.79 Å². The van der Waals surface area contributed by atoms with Crippen LogP contribution in [0.25, 0.3) is 0 Å². The lowest BCUT2D eigenvalue weighted by Gasteiger charge is -2.04. The lowest BCUT2D eigenvalue weighted by Crippen LogP contribution is -2.10. The van der Waals surface area contributed by atoms with Gasteiger partial charge in [0.2, 0.25) is 5.91 Å². The highest BCUT2D eigenvalue weighted by Gasteiger charge is 2.31. The first-order valence-electron chi connectivity index (χ1n) is 4.43. The van der Waals surface area contributed by atoms with Crippen LogP contribution < -0.4 is 5.32 Å².